The lowest BCUT2D eigenvalue weighted by Gasteiger charge is -2.41. The van der Waals surface area contributed by atoms with Crippen LogP contribution < -0.4 is 11.1 Å². The molecule has 0 aromatic rings. The van der Waals surface area contributed by atoms with Crippen molar-refractivity contribution in [1.82, 2.24) is 5.32 Å². The monoisotopic (exact) mass is 382 g/mol. The minimum atomic E-state index is -2.70. The highest BCUT2D eigenvalue weighted by Crippen LogP contribution is 2.31. The lowest BCUT2D eigenvalue weighted by Crippen LogP contribution is -2.56. The van der Waals surface area contributed by atoms with E-state index < -0.39 is 19.9 Å². The first-order chi connectivity index (χ1) is 10.3. The summed E-state index contributed by atoms with van der Waals surface area (Å²) in [5.41, 5.74) is 6.05. The summed E-state index contributed by atoms with van der Waals surface area (Å²) in [6, 6.07) is 0.605. The van der Waals surface area contributed by atoms with E-state index in [4.69, 9.17) is 19.0 Å². The van der Waals surface area contributed by atoms with Gasteiger partial charge in [0.25, 0.3) is 0 Å². The molecule has 0 saturated heterocycles. The maximum atomic E-state index is 11.9. The topological polar surface area (TPSA) is 82.8 Å². The number of hydrogen-bond donors (Lipinski definition) is 2. The van der Waals surface area contributed by atoms with Crippen LogP contribution in [0.15, 0.2) is 12.2 Å². The highest BCUT2D eigenvalue weighted by Gasteiger charge is 2.44. The number of halogens is 1. The van der Waals surface area contributed by atoms with Crippen LogP contribution in [0.2, 0.25) is 6.04 Å². The predicted molar refractivity (Wildman–Crippen MR) is 102 cm³/mol. The molecule has 0 aliphatic carbocycles. The Labute approximate surface area is 154 Å². The molecule has 0 bridgehead atoms. The van der Waals surface area contributed by atoms with E-state index in [0.29, 0.717) is 18.0 Å². The molecule has 8 heteroatoms. The zero-order valence-corrected chi connectivity index (χ0v) is 18.1. The van der Waals surface area contributed by atoms with Gasteiger partial charge in [0.2, 0.25) is 5.91 Å². The molecule has 0 saturated carbocycles. The second-order valence-corrected chi connectivity index (χ2v) is 10.2. The Morgan fingerprint density at radius 3 is 1.96 bits per heavy atom. The lowest BCUT2D eigenvalue weighted by atomic mass is 9.78. The van der Waals surface area contributed by atoms with E-state index in [0.717, 1.165) is 0 Å². The van der Waals surface area contributed by atoms with E-state index in [9.17, 15) is 4.79 Å². The number of carbonyl (C=O) groups is 1. The van der Waals surface area contributed by atoms with Crippen LogP contribution in [-0.2, 0) is 18.1 Å². The number of nitrogens with one attached hydrogen (secondary N) is 1. The molecule has 3 N–H and O–H groups in total. The van der Waals surface area contributed by atoms with Gasteiger partial charge in [-0.05, 0) is 40.0 Å². The number of rotatable bonds is 10. The summed E-state index contributed by atoms with van der Waals surface area (Å²) in [7, 11) is 2.09. The first kappa shape index (κ1) is 25.8. The Kier molecular flexibility index (Phi) is 10.6. The minimum absolute atomic E-state index is 0. The fourth-order valence-corrected chi connectivity index (χ4v) is 4.91. The summed E-state index contributed by atoms with van der Waals surface area (Å²) < 4.78 is 16.5. The van der Waals surface area contributed by atoms with Gasteiger partial charge in [-0.3, -0.25) is 4.79 Å². The summed E-state index contributed by atoms with van der Waals surface area (Å²) in [5, 5.41) is 2.97. The summed E-state index contributed by atoms with van der Waals surface area (Å²) in [5.74, 6) is -0.0807. The van der Waals surface area contributed by atoms with Crippen molar-refractivity contribution in [1.29, 1.82) is 0 Å². The van der Waals surface area contributed by atoms with Crippen LogP contribution in [0.1, 0.15) is 41.0 Å². The highest BCUT2D eigenvalue weighted by molar-refractivity contribution is 6.60. The molecule has 0 aliphatic heterocycles. The smallest absolute Gasteiger partial charge is 0.377 e. The molecule has 144 valence electrons. The third-order valence-electron chi connectivity index (χ3n) is 4.28. The van der Waals surface area contributed by atoms with Crippen molar-refractivity contribution in [2.45, 2.75) is 58.2 Å². The van der Waals surface area contributed by atoms with Crippen molar-refractivity contribution in [2.75, 3.05) is 21.3 Å². The van der Waals surface area contributed by atoms with Crippen molar-refractivity contribution in [3.8, 4) is 0 Å². The first-order valence-corrected chi connectivity index (χ1v) is 9.70. The van der Waals surface area contributed by atoms with Crippen molar-refractivity contribution in [3.63, 3.8) is 0 Å². The summed E-state index contributed by atoms with van der Waals surface area (Å²) in [6.07, 6.45) is 0.599. The van der Waals surface area contributed by atoms with Gasteiger partial charge in [-0.2, -0.15) is 0 Å². The highest BCUT2D eigenvalue weighted by atomic mass is 35.5. The molecule has 0 aromatic heterocycles. The summed E-state index contributed by atoms with van der Waals surface area (Å²) in [6.45, 7) is 13.3. The van der Waals surface area contributed by atoms with E-state index in [1.165, 1.54) is 0 Å². The molecule has 2 atom stereocenters. The van der Waals surface area contributed by atoms with Crippen LogP contribution in [-0.4, -0.2) is 47.1 Å². The van der Waals surface area contributed by atoms with E-state index in [1.807, 2.05) is 20.8 Å². The largest absolute Gasteiger partial charge is 0.500 e. The van der Waals surface area contributed by atoms with Crippen molar-refractivity contribution < 1.29 is 18.1 Å². The van der Waals surface area contributed by atoms with Gasteiger partial charge < -0.3 is 24.3 Å². The van der Waals surface area contributed by atoms with Gasteiger partial charge in [0.15, 0.2) is 0 Å². The number of hydrogen-bond acceptors (Lipinski definition) is 5. The maximum Gasteiger partial charge on any atom is 0.500 e. The molecule has 0 aromatic carbocycles. The van der Waals surface area contributed by atoms with E-state index in [-0.39, 0.29) is 24.2 Å². The van der Waals surface area contributed by atoms with Gasteiger partial charge in [-0.1, -0.05) is 13.5 Å². The molecular weight excluding hydrogens is 348 g/mol. The van der Waals surface area contributed by atoms with Crippen LogP contribution in [0.3, 0.4) is 0 Å². The molecule has 0 heterocycles. The third-order valence-corrected chi connectivity index (χ3v) is 7.26. The van der Waals surface area contributed by atoms with E-state index >= 15 is 0 Å². The normalized spacial score (nSPS) is 15.9. The summed E-state index contributed by atoms with van der Waals surface area (Å²) in [4.78, 5) is 11.9. The van der Waals surface area contributed by atoms with Gasteiger partial charge >= 0.3 is 8.80 Å². The molecule has 0 spiro atoms. The van der Waals surface area contributed by atoms with Gasteiger partial charge in [-0.25, -0.2) is 0 Å². The Morgan fingerprint density at radius 2 is 1.62 bits per heavy atom. The molecule has 0 aliphatic rings. The zero-order chi connectivity index (χ0) is 18.5. The Balaban J connectivity index is 0. The van der Waals surface area contributed by atoms with Crippen molar-refractivity contribution >= 4 is 27.1 Å². The lowest BCUT2D eigenvalue weighted by molar-refractivity contribution is -0.119. The predicted octanol–water partition coefficient (Wildman–Crippen LogP) is 2.50. The fraction of sp³-hybridized carbons (Fsp3) is 0.812. The average molecular weight is 383 g/mol. The number of nitrogens with two attached hydrogens (primary N) is 1. The van der Waals surface area contributed by atoms with Gasteiger partial charge in [-0.15, -0.1) is 12.4 Å². The molecule has 2 unspecified atom stereocenters. The Morgan fingerprint density at radius 1 is 1.21 bits per heavy atom. The van der Waals surface area contributed by atoms with Crippen LogP contribution in [0.4, 0.5) is 0 Å². The molecule has 6 nitrogen and oxygen atoms in total. The Hall–Kier alpha value is -0.443. The van der Waals surface area contributed by atoms with Gasteiger partial charge in [0.1, 0.15) is 0 Å². The number of amides is 1. The van der Waals surface area contributed by atoms with Crippen LogP contribution in [0.5, 0.6) is 0 Å². The molecule has 1 amide bonds. The second kappa shape index (κ2) is 9.89. The molecule has 0 fully saturated rings. The van der Waals surface area contributed by atoms with Crippen LogP contribution >= 0.6 is 12.4 Å². The quantitative estimate of drug-likeness (QED) is 0.448. The van der Waals surface area contributed by atoms with Crippen LogP contribution in [0, 0.1) is 5.92 Å². The van der Waals surface area contributed by atoms with Crippen molar-refractivity contribution in [2.24, 2.45) is 11.7 Å². The second-order valence-electron chi connectivity index (χ2n) is 7.20. The van der Waals surface area contributed by atoms with Gasteiger partial charge in [0, 0.05) is 44.0 Å². The van der Waals surface area contributed by atoms with Crippen LogP contribution in [0.25, 0.3) is 0 Å². The zero-order valence-electron chi connectivity index (χ0n) is 16.3. The molecule has 24 heavy (non-hydrogen) atoms. The summed E-state index contributed by atoms with van der Waals surface area (Å²) >= 11 is 0. The minimum Gasteiger partial charge on any atom is -0.377 e. The maximum absolute atomic E-state index is 11.9. The number of carbonyl (C=O) groups excluding carboxylic acids is 1. The average Bonchev–Trinajstić information content (AvgIpc) is 2.42. The first-order valence-electron chi connectivity index (χ1n) is 7.77. The molecule has 0 rings (SSSR count). The van der Waals surface area contributed by atoms with Crippen molar-refractivity contribution in [3.05, 3.63) is 12.2 Å². The molecule has 0 radical (unpaired) electrons. The van der Waals surface area contributed by atoms with E-state index in [1.54, 1.807) is 28.3 Å². The third kappa shape index (κ3) is 7.63. The molecular formula is C16H35ClN2O4Si. The fourth-order valence-electron chi connectivity index (χ4n) is 2.69. The van der Waals surface area contributed by atoms with Gasteiger partial charge in [0.05, 0.1) is 0 Å². The van der Waals surface area contributed by atoms with E-state index in [2.05, 4.69) is 18.8 Å². The standard InChI is InChI=1S/C16H34N2O4Si.ClH/c1-12(2)14(19)18-15(4,5)11-16(6,17)13(3)10-23(20-7,21-8)22-9;/h13H,1,10-11,17H2,2-9H3,(H,18,19);1H. The SMILES string of the molecule is C=C(C)C(=O)NC(C)(C)CC(C)(N)C(C)C[Si](OC)(OC)OC.Cl. The Bertz CT molecular complexity index is 418.